The van der Waals surface area contributed by atoms with Gasteiger partial charge in [-0.05, 0) is 54.6 Å². The zero-order valence-electron chi connectivity index (χ0n) is 12.8. The van der Waals surface area contributed by atoms with Crippen molar-refractivity contribution in [1.29, 1.82) is 0 Å². The van der Waals surface area contributed by atoms with Crippen molar-refractivity contribution >= 4 is 17.4 Å². The van der Waals surface area contributed by atoms with E-state index in [1.165, 1.54) is 6.08 Å². The van der Waals surface area contributed by atoms with E-state index in [0.717, 1.165) is 5.06 Å². The Labute approximate surface area is 144 Å². The molecule has 1 heterocycles. The molecule has 1 aliphatic rings. The monoisotopic (exact) mass is 345 g/mol. The number of ketones is 1. The second-order valence-corrected chi connectivity index (χ2v) is 5.72. The summed E-state index contributed by atoms with van der Waals surface area (Å²) in [6.45, 7) is 0.394. The Kier molecular flexibility index (Phi) is 5.15. The van der Waals surface area contributed by atoms with E-state index in [2.05, 4.69) is 0 Å². The Hall–Kier alpha value is -2.34. The molecule has 0 fully saturated rings. The highest BCUT2D eigenvalue weighted by Gasteiger charge is 2.26. The average molecular weight is 346 g/mol. The van der Waals surface area contributed by atoms with Crippen molar-refractivity contribution < 1.29 is 19.5 Å². The zero-order chi connectivity index (χ0) is 16.9. The molecule has 0 aliphatic carbocycles. The lowest BCUT2D eigenvalue weighted by Gasteiger charge is -2.25. The SMILES string of the molecule is O=C1C=CCN(O)C1COc1ccc(Oc2ccc(Cl)cc2)cc1. The topological polar surface area (TPSA) is 59.0 Å². The Bertz CT molecular complexity index is 728. The number of nitrogens with zero attached hydrogens (tertiary/aromatic N) is 1. The number of benzene rings is 2. The predicted octanol–water partition coefficient (Wildman–Crippen LogP) is 3.71. The lowest BCUT2D eigenvalue weighted by atomic mass is 10.1. The number of carbonyl (C=O) groups excluding carboxylic acids is 1. The number of hydroxylamine groups is 2. The number of ether oxygens (including phenoxy) is 2. The molecule has 24 heavy (non-hydrogen) atoms. The van der Waals surface area contributed by atoms with E-state index in [-0.39, 0.29) is 12.4 Å². The summed E-state index contributed by atoms with van der Waals surface area (Å²) in [6, 6.07) is 13.4. The van der Waals surface area contributed by atoms with E-state index in [9.17, 15) is 10.0 Å². The van der Waals surface area contributed by atoms with Crippen molar-refractivity contribution in [2.75, 3.05) is 13.2 Å². The van der Waals surface area contributed by atoms with Gasteiger partial charge in [0.15, 0.2) is 5.78 Å². The van der Waals surface area contributed by atoms with Gasteiger partial charge < -0.3 is 14.7 Å². The number of rotatable bonds is 5. The highest BCUT2D eigenvalue weighted by atomic mass is 35.5. The largest absolute Gasteiger partial charge is 0.491 e. The molecule has 1 N–H and O–H groups in total. The first-order valence-corrected chi connectivity index (χ1v) is 7.82. The normalized spacial score (nSPS) is 17.8. The molecule has 1 atom stereocenters. The van der Waals surface area contributed by atoms with Gasteiger partial charge in [-0.25, -0.2) is 0 Å². The van der Waals surface area contributed by atoms with E-state index < -0.39 is 6.04 Å². The number of hydrogen-bond acceptors (Lipinski definition) is 5. The maximum absolute atomic E-state index is 11.7. The number of carbonyl (C=O) groups is 1. The van der Waals surface area contributed by atoms with E-state index in [1.807, 2.05) is 0 Å². The van der Waals surface area contributed by atoms with Gasteiger partial charge in [-0.3, -0.25) is 4.79 Å². The minimum absolute atomic E-state index is 0.0804. The molecule has 2 aromatic carbocycles. The molecule has 5 nitrogen and oxygen atoms in total. The zero-order valence-corrected chi connectivity index (χ0v) is 13.5. The minimum atomic E-state index is -0.681. The fourth-order valence-corrected chi connectivity index (χ4v) is 2.37. The van der Waals surface area contributed by atoms with Crippen LogP contribution in [0.15, 0.2) is 60.7 Å². The van der Waals surface area contributed by atoms with E-state index >= 15 is 0 Å². The highest BCUT2D eigenvalue weighted by Crippen LogP contribution is 2.25. The van der Waals surface area contributed by atoms with Gasteiger partial charge in [0.1, 0.15) is 29.9 Å². The fraction of sp³-hybridized carbons (Fsp3) is 0.167. The quantitative estimate of drug-likeness (QED) is 0.895. The fourth-order valence-electron chi connectivity index (χ4n) is 2.25. The van der Waals surface area contributed by atoms with Gasteiger partial charge in [-0.1, -0.05) is 17.7 Å². The number of hydrogen-bond donors (Lipinski definition) is 1. The lowest BCUT2D eigenvalue weighted by Crippen LogP contribution is -2.45. The molecule has 6 heteroatoms. The molecular weight excluding hydrogens is 330 g/mol. The van der Waals surface area contributed by atoms with Crippen molar-refractivity contribution in [2.45, 2.75) is 6.04 Å². The number of halogens is 1. The summed E-state index contributed by atoms with van der Waals surface area (Å²) in [7, 11) is 0. The second-order valence-electron chi connectivity index (χ2n) is 5.28. The molecule has 0 saturated carbocycles. The summed E-state index contributed by atoms with van der Waals surface area (Å²) >= 11 is 5.83. The molecule has 3 rings (SSSR count). The van der Waals surface area contributed by atoms with Crippen molar-refractivity contribution in [3.05, 3.63) is 65.7 Å². The van der Waals surface area contributed by atoms with Gasteiger partial charge >= 0.3 is 0 Å². The Balaban J connectivity index is 1.57. The minimum Gasteiger partial charge on any atom is -0.491 e. The van der Waals surface area contributed by atoms with Crippen LogP contribution in [-0.4, -0.2) is 35.2 Å². The Morgan fingerprint density at radius 3 is 2.25 bits per heavy atom. The summed E-state index contributed by atoms with van der Waals surface area (Å²) in [5.41, 5.74) is 0. The summed E-state index contributed by atoms with van der Waals surface area (Å²) in [4.78, 5) is 11.7. The third-order valence-corrected chi connectivity index (χ3v) is 3.80. The first kappa shape index (κ1) is 16.5. The van der Waals surface area contributed by atoms with Crippen LogP contribution in [0.5, 0.6) is 17.2 Å². The van der Waals surface area contributed by atoms with Crippen LogP contribution in [-0.2, 0) is 4.79 Å². The molecule has 1 unspecified atom stereocenters. The first-order chi connectivity index (χ1) is 11.6. The van der Waals surface area contributed by atoms with Crippen LogP contribution < -0.4 is 9.47 Å². The molecule has 0 saturated heterocycles. The van der Waals surface area contributed by atoms with Crippen molar-refractivity contribution in [2.24, 2.45) is 0 Å². The van der Waals surface area contributed by atoms with E-state index in [0.29, 0.717) is 28.8 Å². The molecule has 1 aliphatic heterocycles. The van der Waals surface area contributed by atoms with Gasteiger partial charge in [-0.15, -0.1) is 0 Å². The Morgan fingerprint density at radius 2 is 1.62 bits per heavy atom. The van der Waals surface area contributed by atoms with Gasteiger partial charge in [0.2, 0.25) is 0 Å². The molecule has 2 aromatic rings. The van der Waals surface area contributed by atoms with Crippen LogP contribution in [0.3, 0.4) is 0 Å². The summed E-state index contributed by atoms with van der Waals surface area (Å²) in [5.74, 6) is 1.76. The van der Waals surface area contributed by atoms with Crippen LogP contribution in [0.1, 0.15) is 0 Å². The molecule has 0 bridgehead atoms. The third-order valence-electron chi connectivity index (χ3n) is 3.54. The molecule has 0 radical (unpaired) electrons. The maximum Gasteiger partial charge on any atom is 0.178 e. The van der Waals surface area contributed by atoms with Crippen molar-refractivity contribution in [3.8, 4) is 17.2 Å². The van der Waals surface area contributed by atoms with Crippen LogP contribution in [0.25, 0.3) is 0 Å². The third kappa shape index (κ3) is 4.14. The van der Waals surface area contributed by atoms with Gasteiger partial charge in [0.25, 0.3) is 0 Å². The first-order valence-electron chi connectivity index (χ1n) is 7.44. The van der Waals surface area contributed by atoms with Gasteiger partial charge in [-0.2, -0.15) is 5.06 Å². The summed E-state index contributed by atoms with van der Waals surface area (Å²) in [6.07, 6.45) is 3.07. The molecule has 0 spiro atoms. The molecule has 124 valence electrons. The smallest absolute Gasteiger partial charge is 0.178 e. The van der Waals surface area contributed by atoms with Crippen LogP contribution >= 0.6 is 11.6 Å². The summed E-state index contributed by atoms with van der Waals surface area (Å²) < 4.78 is 11.3. The molecule has 0 aromatic heterocycles. The molecule has 0 amide bonds. The molecular formula is C18H16ClNO4. The standard InChI is InChI=1S/C18H16ClNO4/c19-13-3-5-15(6-4-13)24-16-9-7-14(8-10-16)23-12-17-18(21)2-1-11-20(17)22/h1-10,17,22H,11-12H2. The Morgan fingerprint density at radius 1 is 1.04 bits per heavy atom. The van der Waals surface area contributed by atoms with Gasteiger partial charge in [0.05, 0.1) is 0 Å². The predicted molar refractivity (Wildman–Crippen MR) is 89.9 cm³/mol. The maximum atomic E-state index is 11.7. The van der Waals surface area contributed by atoms with Crippen LogP contribution in [0.2, 0.25) is 5.02 Å². The lowest BCUT2D eigenvalue weighted by molar-refractivity contribution is -0.152. The average Bonchev–Trinajstić information content (AvgIpc) is 2.58. The van der Waals surface area contributed by atoms with Crippen molar-refractivity contribution in [1.82, 2.24) is 5.06 Å². The van der Waals surface area contributed by atoms with Crippen molar-refractivity contribution in [3.63, 3.8) is 0 Å². The van der Waals surface area contributed by atoms with E-state index in [4.69, 9.17) is 21.1 Å². The van der Waals surface area contributed by atoms with Crippen LogP contribution in [0, 0.1) is 0 Å². The highest BCUT2D eigenvalue weighted by molar-refractivity contribution is 6.30. The summed E-state index contributed by atoms with van der Waals surface area (Å²) in [5, 5.41) is 11.3. The van der Waals surface area contributed by atoms with Gasteiger partial charge in [0, 0.05) is 11.6 Å². The second kappa shape index (κ2) is 7.49. The van der Waals surface area contributed by atoms with Crippen LogP contribution in [0.4, 0.5) is 0 Å². The van der Waals surface area contributed by atoms with E-state index in [1.54, 1.807) is 54.6 Å².